The highest BCUT2D eigenvalue weighted by Crippen LogP contribution is 2.55. The van der Waals surface area contributed by atoms with E-state index in [4.69, 9.17) is 30.6 Å². The summed E-state index contributed by atoms with van der Waals surface area (Å²) >= 11 is 6.13. The Morgan fingerprint density at radius 2 is 1.77 bits per heavy atom. The summed E-state index contributed by atoms with van der Waals surface area (Å²) in [6.45, 7) is -0.709. The molecule has 2 aromatic heterocycles. The van der Waals surface area contributed by atoms with Crippen LogP contribution in [0.4, 0.5) is 0 Å². The molecular formula is C19H23ClN4O9P2. The summed E-state index contributed by atoms with van der Waals surface area (Å²) in [5, 5.41) is 25.7. The number of ether oxygens (including phenoxy) is 1. The summed E-state index contributed by atoms with van der Waals surface area (Å²) in [7, 11) is -9.50. The number of aliphatic hydroxyl groups is 2. The summed E-state index contributed by atoms with van der Waals surface area (Å²) in [5.74, 6) is -1.39. The van der Waals surface area contributed by atoms with Crippen LogP contribution in [0.2, 0.25) is 5.28 Å². The topological polar surface area (TPSA) is 197 Å². The molecule has 0 radical (unpaired) electrons. The van der Waals surface area contributed by atoms with E-state index in [9.17, 15) is 24.2 Å². The van der Waals surface area contributed by atoms with E-state index in [0.29, 0.717) is 23.9 Å². The number of nitrogens with zero attached hydrogens (tertiary/aromatic N) is 4. The molecule has 1 unspecified atom stereocenters. The molecule has 1 fully saturated rings. The number of aliphatic hydroxyl groups excluding tert-OH is 2. The Morgan fingerprint density at radius 1 is 1.06 bits per heavy atom. The summed E-state index contributed by atoms with van der Waals surface area (Å²) in [6, 6.07) is 9.76. The molecule has 13 nitrogen and oxygen atoms in total. The molecule has 1 aliphatic rings. The maximum Gasteiger partial charge on any atom is 0.340 e. The quantitative estimate of drug-likeness (QED) is 0.189. The van der Waals surface area contributed by atoms with Crippen LogP contribution < -0.4 is 0 Å². The molecule has 1 aliphatic heterocycles. The molecule has 0 bridgehead atoms. The minimum Gasteiger partial charge on any atom is -0.387 e. The molecule has 0 aliphatic carbocycles. The van der Waals surface area contributed by atoms with E-state index < -0.39 is 52.2 Å². The van der Waals surface area contributed by atoms with Gasteiger partial charge in [-0.15, -0.1) is 0 Å². The highest BCUT2D eigenvalue weighted by molar-refractivity contribution is 7.70. The highest BCUT2D eigenvalue weighted by atomic mass is 35.5. The molecule has 16 heteroatoms. The normalized spacial score (nSPS) is 24.6. The van der Waals surface area contributed by atoms with E-state index in [2.05, 4.69) is 15.1 Å². The second kappa shape index (κ2) is 10.3. The Kier molecular flexibility index (Phi) is 7.75. The lowest BCUT2D eigenvalue weighted by Crippen LogP contribution is -2.33. The van der Waals surface area contributed by atoms with Crippen LogP contribution in [0.3, 0.4) is 0 Å². The van der Waals surface area contributed by atoms with Gasteiger partial charge in [-0.05, 0) is 30.0 Å². The number of aryl methyl sites for hydroxylation is 2. The Bertz CT molecular complexity index is 1290. The van der Waals surface area contributed by atoms with Crippen molar-refractivity contribution in [1.82, 2.24) is 19.7 Å². The zero-order chi connectivity index (χ0) is 25.4. The van der Waals surface area contributed by atoms with Gasteiger partial charge in [-0.2, -0.15) is 10.1 Å². The minimum atomic E-state index is -4.82. The lowest BCUT2D eigenvalue weighted by Gasteiger charge is -2.18. The molecule has 5 N–H and O–H groups in total. The van der Waals surface area contributed by atoms with E-state index in [0.717, 1.165) is 5.56 Å². The maximum atomic E-state index is 11.9. The summed E-state index contributed by atoms with van der Waals surface area (Å²) in [4.78, 5) is 35.9. The highest BCUT2D eigenvalue weighted by Gasteiger charge is 2.46. The van der Waals surface area contributed by atoms with Crippen LogP contribution in [-0.2, 0) is 31.2 Å². The van der Waals surface area contributed by atoms with Crippen molar-refractivity contribution in [2.24, 2.45) is 0 Å². The molecule has 4 rings (SSSR count). The fraction of sp³-hybridized carbons (Fsp3) is 0.421. The van der Waals surface area contributed by atoms with Gasteiger partial charge in [0.2, 0.25) is 5.28 Å². The van der Waals surface area contributed by atoms with Gasteiger partial charge in [0.1, 0.15) is 18.3 Å². The number of halogens is 1. The molecular weight excluding hydrogens is 526 g/mol. The molecule has 1 saturated heterocycles. The third-order valence-electron chi connectivity index (χ3n) is 5.38. The second-order valence-corrected chi connectivity index (χ2v) is 12.4. The number of aromatic nitrogens is 4. The third-order valence-corrected chi connectivity index (χ3v) is 9.01. The molecule has 190 valence electrons. The first-order chi connectivity index (χ1) is 16.4. The largest absolute Gasteiger partial charge is 0.387 e. The summed E-state index contributed by atoms with van der Waals surface area (Å²) < 4.78 is 34.4. The van der Waals surface area contributed by atoms with Crippen LogP contribution in [0.1, 0.15) is 17.5 Å². The Balaban J connectivity index is 1.52. The van der Waals surface area contributed by atoms with Gasteiger partial charge < -0.3 is 34.2 Å². The monoisotopic (exact) mass is 548 g/mol. The lowest BCUT2D eigenvalue weighted by atomic mass is 10.1. The van der Waals surface area contributed by atoms with E-state index in [1.165, 1.54) is 10.9 Å². The zero-order valence-electron chi connectivity index (χ0n) is 18.0. The van der Waals surface area contributed by atoms with Gasteiger partial charge in [0.15, 0.2) is 17.8 Å². The average Bonchev–Trinajstić information content (AvgIpc) is 3.31. The molecule has 3 heterocycles. The van der Waals surface area contributed by atoms with Crippen molar-refractivity contribution in [2.75, 3.05) is 12.5 Å². The first-order valence-electron chi connectivity index (χ1n) is 10.4. The van der Waals surface area contributed by atoms with Crippen molar-refractivity contribution in [1.29, 1.82) is 0 Å². The van der Waals surface area contributed by atoms with Crippen molar-refractivity contribution in [3.63, 3.8) is 0 Å². The molecule has 3 aromatic rings. The molecule has 35 heavy (non-hydrogen) atoms. The lowest BCUT2D eigenvalue weighted by molar-refractivity contribution is -0.0541. The Hall–Kier alpha value is -1.76. The second-order valence-electron chi connectivity index (χ2n) is 8.04. The summed E-state index contributed by atoms with van der Waals surface area (Å²) in [6.07, 6.45) is -2.90. The SMILES string of the molecule is O=P(O)(O)CP(=O)(O)OC[C@H]1O[C@@H](n2ncc3c(CCc4ccccc4)nc(Cl)nc32)[C@H](O)[C@@H]1O. The molecule has 0 amide bonds. The molecule has 0 saturated carbocycles. The van der Waals surface area contributed by atoms with E-state index in [1.807, 2.05) is 30.3 Å². The predicted octanol–water partition coefficient (Wildman–Crippen LogP) is 1.22. The standard InChI is InChI=1S/C19H23ClN4O9P2/c20-19-22-13(7-6-11-4-2-1-3-5-11)12-8-21-24(17(12)23-19)18-16(26)15(25)14(33-18)9-32-35(30,31)10-34(27,28)29/h1-5,8,14-16,18,25-26H,6-7,9-10H2,(H,30,31)(H2,27,28,29)/t14-,15-,16-,18-/m1/s1. The van der Waals surface area contributed by atoms with Gasteiger partial charge in [-0.1, -0.05) is 30.3 Å². The first-order valence-corrected chi connectivity index (χ1v) is 14.3. The molecule has 1 aromatic carbocycles. The zero-order valence-corrected chi connectivity index (χ0v) is 20.6. The van der Waals surface area contributed by atoms with E-state index in [-0.39, 0.29) is 10.9 Å². The van der Waals surface area contributed by atoms with Gasteiger partial charge in [-0.3, -0.25) is 9.13 Å². The number of rotatable bonds is 9. The Labute approximate surface area is 204 Å². The van der Waals surface area contributed by atoms with Crippen molar-refractivity contribution < 1.29 is 43.3 Å². The van der Waals surface area contributed by atoms with Gasteiger partial charge >= 0.3 is 15.2 Å². The van der Waals surface area contributed by atoms with Crippen molar-refractivity contribution in [3.05, 3.63) is 53.1 Å². The van der Waals surface area contributed by atoms with Crippen LogP contribution in [0, 0.1) is 0 Å². The maximum absolute atomic E-state index is 11.9. The van der Waals surface area contributed by atoms with Gasteiger partial charge in [0, 0.05) is 0 Å². The van der Waals surface area contributed by atoms with Crippen LogP contribution in [0.25, 0.3) is 11.0 Å². The van der Waals surface area contributed by atoms with Crippen LogP contribution in [0.15, 0.2) is 36.5 Å². The fourth-order valence-corrected chi connectivity index (χ4v) is 6.52. The van der Waals surface area contributed by atoms with Crippen molar-refractivity contribution in [3.8, 4) is 0 Å². The van der Waals surface area contributed by atoms with Crippen molar-refractivity contribution in [2.45, 2.75) is 37.4 Å². The Morgan fingerprint density at radius 3 is 2.46 bits per heavy atom. The van der Waals surface area contributed by atoms with Crippen LogP contribution >= 0.6 is 26.8 Å². The van der Waals surface area contributed by atoms with Crippen LogP contribution in [-0.4, -0.2) is 75.5 Å². The number of benzene rings is 1. The average molecular weight is 549 g/mol. The van der Waals surface area contributed by atoms with Gasteiger partial charge in [0.25, 0.3) is 0 Å². The molecule has 0 spiro atoms. The molecule has 5 atom stereocenters. The first kappa shape index (κ1) is 26.3. The number of hydrogen-bond donors (Lipinski definition) is 5. The minimum absolute atomic E-state index is 0.0473. The predicted molar refractivity (Wildman–Crippen MR) is 123 cm³/mol. The van der Waals surface area contributed by atoms with E-state index >= 15 is 0 Å². The van der Waals surface area contributed by atoms with Gasteiger partial charge in [0.05, 0.1) is 23.9 Å². The van der Waals surface area contributed by atoms with E-state index in [1.54, 1.807) is 0 Å². The number of hydrogen-bond acceptors (Lipinski definition) is 9. The summed E-state index contributed by atoms with van der Waals surface area (Å²) in [5.41, 5.74) is 1.98. The number of fused-ring (bicyclic) bond motifs is 1. The third kappa shape index (κ3) is 6.33. The van der Waals surface area contributed by atoms with Crippen LogP contribution in [0.5, 0.6) is 0 Å². The van der Waals surface area contributed by atoms with Crippen molar-refractivity contribution >= 4 is 37.8 Å². The smallest absolute Gasteiger partial charge is 0.340 e. The fourth-order valence-electron chi connectivity index (χ4n) is 3.77. The van der Waals surface area contributed by atoms with Gasteiger partial charge in [-0.25, -0.2) is 9.67 Å².